The first-order valence-corrected chi connectivity index (χ1v) is 13.9. The van der Waals surface area contributed by atoms with Crippen LogP contribution >= 0.6 is 7.82 Å². The molecule has 15 atom stereocenters. The van der Waals surface area contributed by atoms with Crippen molar-refractivity contribution in [3.63, 3.8) is 0 Å². The van der Waals surface area contributed by atoms with Crippen molar-refractivity contribution < 1.29 is 187 Å². The predicted molar refractivity (Wildman–Crippen MR) is 118 cm³/mol. The quantitative estimate of drug-likeness (QED) is 0.0671. The van der Waals surface area contributed by atoms with E-state index >= 15 is 0 Å². The third-order valence-electron chi connectivity index (χ3n) is 6.67. The van der Waals surface area contributed by atoms with E-state index in [9.17, 15) is 65.1 Å². The van der Waals surface area contributed by atoms with Crippen LogP contribution in [0.4, 0.5) is 0 Å². The Balaban J connectivity index is 0.00000645. The molecule has 0 aromatic rings. The zero-order chi connectivity index (χ0) is 31.5. The number of phosphoric ester groups is 1. The van der Waals surface area contributed by atoms with Gasteiger partial charge in [0.25, 0.3) is 0 Å². The molecular formula is C20H33NNa3O20P. The molecule has 0 aromatic heterocycles. The molecule has 3 aliphatic rings. The maximum atomic E-state index is 11.3. The van der Waals surface area contributed by atoms with Crippen LogP contribution in [0, 0.1) is 0 Å². The Morgan fingerprint density at radius 2 is 1.33 bits per heavy atom. The second kappa shape index (κ2) is 20.7. The Hall–Kier alpha value is 1.98. The molecule has 0 spiro atoms. The van der Waals surface area contributed by atoms with Crippen molar-refractivity contribution in [2.75, 3.05) is 26.4 Å². The molecule has 0 saturated carbocycles. The van der Waals surface area contributed by atoms with Crippen LogP contribution in [0.2, 0.25) is 0 Å². The second-order valence-corrected chi connectivity index (χ2v) is 10.8. The summed E-state index contributed by atoms with van der Waals surface area (Å²) in [5.74, 6) is -1.74. The van der Waals surface area contributed by atoms with E-state index in [1.165, 1.54) is 0 Å². The Morgan fingerprint density at radius 1 is 0.800 bits per heavy atom. The third-order valence-corrected chi connectivity index (χ3v) is 7.18. The number of hydrogen-bond acceptors (Lipinski definition) is 21. The topological polar surface area (TPSA) is 356 Å². The number of aliphatic hydroxyl groups excluding tert-OH is 8. The van der Waals surface area contributed by atoms with Gasteiger partial charge in [0.1, 0.15) is 67.1 Å². The number of rotatable bonds is 12. The zero-order valence-corrected chi connectivity index (χ0v) is 31.4. The number of aliphatic hydroxyl groups is 8. The fourth-order valence-electron chi connectivity index (χ4n) is 4.38. The van der Waals surface area contributed by atoms with Gasteiger partial charge in [0, 0.05) is 0 Å². The van der Waals surface area contributed by atoms with Crippen molar-refractivity contribution in [3.8, 4) is 0 Å². The molecule has 0 radical (unpaired) electrons. The number of carbonyl (C=O) groups is 1. The minimum Gasteiger partial charge on any atom is -0.790 e. The summed E-state index contributed by atoms with van der Waals surface area (Å²) >= 11 is 0. The van der Waals surface area contributed by atoms with E-state index < -0.39 is 132 Å². The van der Waals surface area contributed by atoms with Gasteiger partial charge in [-0.25, -0.2) is 0 Å². The first kappa shape index (κ1) is 47.0. The van der Waals surface area contributed by atoms with E-state index in [1.54, 1.807) is 0 Å². The van der Waals surface area contributed by atoms with Gasteiger partial charge < -0.3 is 104 Å². The molecule has 3 rings (SSSR count). The van der Waals surface area contributed by atoms with Gasteiger partial charge in [-0.15, -0.1) is 0 Å². The summed E-state index contributed by atoms with van der Waals surface area (Å²) in [6, 6.07) is -1.71. The van der Waals surface area contributed by atoms with Crippen LogP contribution < -0.4 is 109 Å². The molecule has 3 heterocycles. The summed E-state index contributed by atoms with van der Waals surface area (Å²) in [6.45, 7) is -3.21. The monoisotopic (exact) mass is 707 g/mol. The van der Waals surface area contributed by atoms with E-state index in [1.807, 2.05) is 0 Å². The molecule has 0 amide bonds. The number of nitrogens with two attached hydrogens (primary N) is 1. The fourth-order valence-corrected chi connectivity index (χ4v) is 4.90. The van der Waals surface area contributed by atoms with E-state index in [-0.39, 0.29) is 88.7 Å². The molecule has 3 saturated heterocycles. The first-order valence-electron chi connectivity index (χ1n) is 12.4. The number of phosphoric acid groups is 1. The van der Waals surface area contributed by atoms with Gasteiger partial charge in [0.05, 0.1) is 46.3 Å². The summed E-state index contributed by atoms with van der Waals surface area (Å²) < 4.78 is 47.3. The number of carbonyl (C=O) groups excluding carboxylic acids is 1. The second-order valence-electron chi connectivity index (χ2n) is 9.65. The van der Waals surface area contributed by atoms with Gasteiger partial charge in [-0.2, -0.15) is 0 Å². The molecule has 25 heteroatoms. The number of hydrogen-bond donors (Lipinski definition) is 9. The molecular weight excluding hydrogens is 674 g/mol. The van der Waals surface area contributed by atoms with Gasteiger partial charge in [0.2, 0.25) is 0 Å². The van der Waals surface area contributed by atoms with Crippen LogP contribution in [0.3, 0.4) is 0 Å². The Morgan fingerprint density at radius 3 is 1.84 bits per heavy atom. The average Bonchev–Trinajstić information content (AvgIpc) is 2.92. The minimum absolute atomic E-state index is 0. The molecule has 0 unspecified atom stereocenters. The van der Waals surface area contributed by atoms with Crippen molar-refractivity contribution in [3.05, 3.63) is 0 Å². The van der Waals surface area contributed by atoms with Crippen LogP contribution in [0.25, 0.3) is 0 Å². The molecule has 246 valence electrons. The van der Waals surface area contributed by atoms with Gasteiger partial charge in [-0.3, -0.25) is 0 Å². The predicted octanol–water partition coefficient (Wildman–Crippen LogP) is -19.0. The number of aliphatic carboxylic acids is 1. The maximum Gasteiger partial charge on any atom is 1.00 e. The third kappa shape index (κ3) is 12.3. The molecule has 45 heavy (non-hydrogen) atoms. The van der Waals surface area contributed by atoms with Crippen LogP contribution in [-0.4, -0.2) is 165 Å². The van der Waals surface area contributed by atoms with E-state index in [0.29, 0.717) is 0 Å². The average molecular weight is 707 g/mol. The first-order chi connectivity index (χ1) is 19.6. The summed E-state index contributed by atoms with van der Waals surface area (Å²) in [5, 5.41) is 92.2. The van der Waals surface area contributed by atoms with Crippen LogP contribution in [0.5, 0.6) is 0 Å². The number of carboxylic acids is 1. The van der Waals surface area contributed by atoms with Crippen LogP contribution in [0.15, 0.2) is 0 Å². The van der Waals surface area contributed by atoms with Crippen molar-refractivity contribution in [1.82, 2.24) is 0 Å². The number of ether oxygens (including phenoxy) is 6. The summed E-state index contributed by atoms with van der Waals surface area (Å²) in [5.41, 5.74) is 5.25. The zero-order valence-electron chi connectivity index (χ0n) is 24.5. The van der Waals surface area contributed by atoms with Gasteiger partial charge in [0.15, 0.2) is 18.9 Å². The molecule has 3 aliphatic heterocycles. The van der Waals surface area contributed by atoms with Crippen molar-refractivity contribution in [1.29, 1.82) is 0 Å². The Kier molecular flexibility index (Phi) is 21.6. The standard InChI is InChI=1S/C20H36NO20P.3Na/c21-5(17(30)31)3-35-20-16(41-42(32,33)34)11(26)8(4-36-20)39-19-14(29)15(10(25)7(2-23)38-19)40-18-13(28)12(27)9(24)6(1-22)37-18;;;/h5-16,18-20,22-29H,1-4,21H2,(H,30,31)(H2,32,33,34);;;/q;3*+1/p-3/t5-,6+,7+,8+,9-,10-,11-,12-,13+,14+,15-,16+,18-,19-,20+;;;/m0.../s1. The molecule has 3 fully saturated rings. The normalized spacial score (nSPS) is 41.1. The van der Waals surface area contributed by atoms with Crippen molar-refractivity contribution >= 4 is 13.8 Å². The van der Waals surface area contributed by atoms with E-state index in [2.05, 4.69) is 4.52 Å². The van der Waals surface area contributed by atoms with Gasteiger partial charge in [-0.1, -0.05) is 0 Å². The summed E-state index contributed by atoms with van der Waals surface area (Å²) in [7, 11) is -5.83. The number of carboxylic acid groups (broad SMARTS) is 1. The summed E-state index contributed by atoms with van der Waals surface area (Å²) in [4.78, 5) is 33.4. The van der Waals surface area contributed by atoms with E-state index in [0.717, 1.165) is 0 Å². The van der Waals surface area contributed by atoms with Crippen LogP contribution in [-0.2, 0) is 42.3 Å². The minimum atomic E-state index is -5.83. The SMILES string of the molecule is N[C@@H](CO[C@@H]1OC[C@@H](O[C@@H]2O[C@H](CO)[C@H](O)[C@H](O[C@@H]3O[C@H](CO)[C@H](O)[C@H](O)[C@H]3O)[C@H]2O)[C@H](O)[C@H]1OP(=O)([O-])[O-])C(=O)[O-].[Na+].[Na+].[Na+]. The Bertz CT molecular complexity index is 940. The molecule has 0 aromatic carbocycles. The smallest absolute Gasteiger partial charge is 0.790 e. The molecule has 10 N–H and O–H groups in total. The van der Waals surface area contributed by atoms with Crippen molar-refractivity contribution in [2.24, 2.45) is 5.73 Å². The van der Waals surface area contributed by atoms with Crippen LogP contribution in [0.1, 0.15) is 0 Å². The van der Waals surface area contributed by atoms with Gasteiger partial charge in [-0.05, 0) is 0 Å². The van der Waals surface area contributed by atoms with Crippen molar-refractivity contribution in [2.45, 2.75) is 92.1 Å². The van der Waals surface area contributed by atoms with Gasteiger partial charge >= 0.3 is 88.7 Å². The largest absolute Gasteiger partial charge is 1.00 e. The summed E-state index contributed by atoms with van der Waals surface area (Å²) in [6.07, 6.45) is -25.7. The maximum absolute atomic E-state index is 11.3. The molecule has 21 nitrogen and oxygen atoms in total. The fraction of sp³-hybridized carbons (Fsp3) is 0.950. The molecule has 0 aliphatic carbocycles. The molecule has 0 bridgehead atoms. The Labute approximate surface area is 321 Å². The van der Waals surface area contributed by atoms with E-state index in [4.69, 9.17) is 34.2 Å².